The van der Waals surface area contributed by atoms with Crippen LogP contribution in [0.5, 0.6) is 0 Å². The number of hydrogen-bond donors (Lipinski definition) is 4. The maximum Gasteiger partial charge on any atom is 0.252 e. The first-order chi connectivity index (χ1) is 15.4. The minimum atomic E-state index is -0.797. The number of carbonyl (C=O) groups is 1. The summed E-state index contributed by atoms with van der Waals surface area (Å²) in [5.74, 6) is -1.19. The van der Waals surface area contributed by atoms with E-state index in [1.807, 2.05) is 7.05 Å². The maximum atomic E-state index is 15.0. The van der Waals surface area contributed by atoms with Gasteiger partial charge in [-0.15, -0.1) is 0 Å². The fourth-order valence-electron chi connectivity index (χ4n) is 3.58. The Hall–Kier alpha value is -3.44. The molecule has 2 aromatic rings. The molecule has 1 saturated heterocycles. The van der Waals surface area contributed by atoms with Crippen LogP contribution in [-0.4, -0.2) is 63.0 Å². The second-order valence-corrected chi connectivity index (χ2v) is 7.29. The molecule has 0 saturated carbocycles. The molecule has 0 spiro atoms. The average molecular weight is 442 g/mol. The van der Waals surface area contributed by atoms with Gasteiger partial charge in [0.2, 0.25) is 0 Å². The van der Waals surface area contributed by atoms with Gasteiger partial charge in [0.15, 0.2) is 11.6 Å². The number of rotatable bonds is 9. The van der Waals surface area contributed by atoms with Crippen LogP contribution in [0.4, 0.5) is 27.4 Å². The van der Waals surface area contributed by atoms with Crippen LogP contribution in [-0.2, 0) is 4.74 Å². The Bertz CT molecular complexity index is 1000. The lowest BCUT2D eigenvalue weighted by Gasteiger charge is -2.38. The van der Waals surface area contributed by atoms with Crippen molar-refractivity contribution in [2.24, 2.45) is 16.0 Å². The Balaban J connectivity index is 1.94. The lowest BCUT2D eigenvalue weighted by atomic mass is 10.0. The highest BCUT2D eigenvalue weighted by atomic mass is 19.1. The predicted molar refractivity (Wildman–Crippen MR) is 121 cm³/mol. The van der Waals surface area contributed by atoms with Crippen LogP contribution >= 0.6 is 0 Å². The zero-order valence-corrected chi connectivity index (χ0v) is 18.0. The molecular formula is C21H27FN8O2. The van der Waals surface area contributed by atoms with Crippen LogP contribution < -0.4 is 21.3 Å². The number of nitrogens with one attached hydrogen (secondary N) is 3. The van der Waals surface area contributed by atoms with Gasteiger partial charge in [-0.2, -0.15) is 10.2 Å². The third-order valence-corrected chi connectivity index (χ3v) is 5.21. The summed E-state index contributed by atoms with van der Waals surface area (Å²) in [5.41, 5.74) is 6.54. The first-order valence-electron chi connectivity index (χ1n) is 10.2. The smallest absolute Gasteiger partial charge is 0.252 e. The van der Waals surface area contributed by atoms with E-state index in [1.54, 1.807) is 36.2 Å². The molecule has 5 N–H and O–H groups in total. The van der Waals surface area contributed by atoms with E-state index in [0.29, 0.717) is 31.0 Å². The van der Waals surface area contributed by atoms with E-state index in [2.05, 4.69) is 25.8 Å². The van der Waals surface area contributed by atoms with Gasteiger partial charge in [0.25, 0.3) is 5.91 Å². The van der Waals surface area contributed by atoms with Crippen LogP contribution in [0, 0.1) is 11.2 Å². The Labute approximate surface area is 185 Å². The molecule has 11 heteroatoms. The van der Waals surface area contributed by atoms with Crippen molar-refractivity contribution in [3.63, 3.8) is 0 Å². The van der Waals surface area contributed by atoms with E-state index in [9.17, 15) is 9.18 Å². The molecule has 1 aromatic carbocycles. The van der Waals surface area contributed by atoms with Gasteiger partial charge in [-0.05, 0) is 37.7 Å². The van der Waals surface area contributed by atoms with Gasteiger partial charge in [-0.3, -0.25) is 4.79 Å². The van der Waals surface area contributed by atoms with Gasteiger partial charge in [0.1, 0.15) is 5.82 Å². The number of nitrogens with two attached hydrogens (primary N) is 1. The number of pyridine rings is 1. The monoisotopic (exact) mass is 442 g/mol. The third-order valence-electron chi connectivity index (χ3n) is 5.21. The number of likely N-dealkylation sites (N-methyl/N-ethyl adjacent to an activating group) is 2. The zero-order chi connectivity index (χ0) is 23.1. The highest BCUT2D eigenvalue weighted by molar-refractivity contribution is 5.98. The second kappa shape index (κ2) is 10.7. The average Bonchev–Trinajstić information content (AvgIpc) is 2.80. The first kappa shape index (κ1) is 23.2. The van der Waals surface area contributed by atoms with Crippen molar-refractivity contribution in [2.75, 3.05) is 44.1 Å². The Morgan fingerprint density at radius 1 is 1.47 bits per heavy atom. The number of ether oxygens (including phenoxy) is 1. The number of azo groups is 1. The molecule has 2 unspecified atom stereocenters. The lowest BCUT2D eigenvalue weighted by Crippen LogP contribution is -2.53. The number of halogens is 1. The normalized spacial score (nSPS) is 18.5. The van der Waals surface area contributed by atoms with Crippen molar-refractivity contribution in [3.8, 4) is 0 Å². The molecule has 10 nitrogen and oxygen atoms in total. The first-order valence-corrected chi connectivity index (χ1v) is 10.2. The summed E-state index contributed by atoms with van der Waals surface area (Å²) in [5, 5.41) is 21.1. The molecule has 1 aromatic heterocycles. The number of anilines is 3. The van der Waals surface area contributed by atoms with Crippen LogP contribution in [0.15, 0.2) is 40.6 Å². The van der Waals surface area contributed by atoms with Crippen molar-refractivity contribution in [3.05, 3.63) is 41.7 Å². The Morgan fingerprint density at radius 2 is 2.28 bits per heavy atom. The molecule has 2 atom stereocenters. The minimum absolute atomic E-state index is 0.00480. The standard InChI is InChI=1S/C21H27FN8O2/c1-25-17-12-32-9-6-18(17)30(2)21-16(22)11-15(19(24)31)20(28-21)27-13-4-3-5-14(10-13)29-26-8-7-23/h3-5,7,10-11,17-18,23,25H,6,8-9,12H2,1-2H3,(H2,24,31)(H,27,28). The van der Waals surface area contributed by atoms with Gasteiger partial charge < -0.3 is 31.4 Å². The van der Waals surface area contributed by atoms with Crippen molar-refractivity contribution >= 4 is 35.1 Å². The van der Waals surface area contributed by atoms with Gasteiger partial charge in [0.05, 0.1) is 30.4 Å². The van der Waals surface area contributed by atoms with Crippen molar-refractivity contribution in [1.82, 2.24) is 10.3 Å². The molecule has 0 bridgehead atoms. The van der Waals surface area contributed by atoms with Gasteiger partial charge in [0, 0.05) is 31.6 Å². The molecule has 2 heterocycles. The molecule has 0 radical (unpaired) electrons. The van der Waals surface area contributed by atoms with Gasteiger partial charge in [-0.1, -0.05) is 6.07 Å². The topological polar surface area (TPSA) is 141 Å². The van der Waals surface area contributed by atoms with Crippen LogP contribution in [0.25, 0.3) is 0 Å². The summed E-state index contributed by atoms with van der Waals surface area (Å²) >= 11 is 0. The highest BCUT2D eigenvalue weighted by Gasteiger charge is 2.30. The van der Waals surface area contributed by atoms with E-state index in [-0.39, 0.29) is 35.8 Å². The Kier molecular flexibility index (Phi) is 7.79. The van der Waals surface area contributed by atoms with Crippen molar-refractivity contribution in [1.29, 1.82) is 5.41 Å². The molecular weight excluding hydrogens is 415 g/mol. The largest absolute Gasteiger partial charge is 0.380 e. The number of carbonyl (C=O) groups excluding carboxylic acids is 1. The number of primary amides is 1. The molecule has 1 aliphatic rings. The van der Waals surface area contributed by atoms with E-state index >= 15 is 0 Å². The van der Waals surface area contributed by atoms with Crippen molar-refractivity contribution in [2.45, 2.75) is 18.5 Å². The van der Waals surface area contributed by atoms with E-state index in [0.717, 1.165) is 12.3 Å². The fourth-order valence-corrected chi connectivity index (χ4v) is 3.58. The second-order valence-electron chi connectivity index (χ2n) is 7.29. The van der Waals surface area contributed by atoms with E-state index in [1.165, 1.54) is 0 Å². The number of nitrogens with zero attached hydrogens (tertiary/aromatic N) is 4. The van der Waals surface area contributed by atoms with E-state index in [4.69, 9.17) is 15.9 Å². The summed E-state index contributed by atoms with van der Waals surface area (Å²) in [7, 11) is 3.60. The summed E-state index contributed by atoms with van der Waals surface area (Å²) in [4.78, 5) is 18.2. The number of amides is 1. The molecule has 170 valence electrons. The van der Waals surface area contributed by atoms with Gasteiger partial charge >= 0.3 is 0 Å². The molecule has 0 aliphatic carbocycles. The number of hydrogen-bond acceptors (Lipinski definition) is 9. The SMILES string of the molecule is CNC1COCCC1N(C)c1nc(Nc2cccc(N=NCC=N)c2)c(C(N)=O)cc1F. The van der Waals surface area contributed by atoms with Crippen LogP contribution in [0.3, 0.4) is 0 Å². The molecule has 32 heavy (non-hydrogen) atoms. The number of benzene rings is 1. The molecule has 1 amide bonds. The minimum Gasteiger partial charge on any atom is -0.380 e. The predicted octanol–water partition coefficient (Wildman–Crippen LogP) is 2.61. The Morgan fingerprint density at radius 3 is 3.00 bits per heavy atom. The quantitative estimate of drug-likeness (QED) is 0.347. The van der Waals surface area contributed by atoms with Crippen LogP contribution in [0.1, 0.15) is 16.8 Å². The summed E-state index contributed by atoms with van der Waals surface area (Å²) in [6.07, 6.45) is 1.84. The molecule has 1 fully saturated rings. The summed E-state index contributed by atoms with van der Waals surface area (Å²) in [6, 6.07) is 8.01. The summed E-state index contributed by atoms with van der Waals surface area (Å²) < 4.78 is 20.5. The van der Waals surface area contributed by atoms with E-state index < -0.39 is 11.7 Å². The lowest BCUT2D eigenvalue weighted by molar-refractivity contribution is 0.0600. The number of aromatic nitrogens is 1. The van der Waals surface area contributed by atoms with Gasteiger partial charge in [-0.25, -0.2) is 9.37 Å². The molecule has 1 aliphatic heterocycles. The third kappa shape index (κ3) is 5.42. The molecule has 3 rings (SSSR count). The fraction of sp³-hybridized carbons (Fsp3) is 0.381. The maximum absolute atomic E-state index is 15.0. The van der Waals surface area contributed by atoms with Crippen LogP contribution in [0.2, 0.25) is 0 Å². The summed E-state index contributed by atoms with van der Waals surface area (Å²) in [6.45, 7) is 1.26. The van der Waals surface area contributed by atoms with Crippen molar-refractivity contribution < 1.29 is 13.9 Å². The zero-order valence-electron chi connectivity index (χ0n) is 18.0. The highest BCUT2D eigenvalue weighted by Crippen LogP contribution is 2.29.